The number of ether oxygens (including phenoxy) is 1. The number of carbonyl (C=O) groups excluding carboxylic acids is 1. The normalized spacial score (nSPS) is 25.6. The van der Waals surface area contributed by atoms with Gasteiger partial charge in [-0.2, -0.15) is 0 Å². The number of halogens is 3. The van der Waals surface area contributed by atoms with E-state index in [0.717, 1.165) is 31.4 Å². The van der Waals surface area contributed by atoms with E-state index in [2.05, 4.69) is 10.1 Å². The number of hydrogen-bond donors (Lipinski definition) is 2. The summed E-state index contributed by atoms with van der Waals surface area (Å²) in [6.07, 6.45) is -1.28. The van der Waals surface area contributed by atoms with Crippen LogP contribution in [0, 0.1) is 5.92 Å². The molecule has 1 saturated carbocycles. The first-order chi connectivity index (χ1) is 10.2. The summed E-state index contributed by atoms with van der Waals surface area (Å²) < 4.78 is 40.0. The van der Waals surface area contributed by atoms with Crippen LogP contribution < -0.4 is 15.8 Å². The van der Waals surface area contributed by atoms with Gasteiger partial charge in [0.25, 0.3) is 0 Å². The average Bonchev–Trinajstić information content (AvgIpc) is 2.38. The molecule has 0 radical (unpaired) electrons. The van der Waals surface area contributed by atoms with E-state index in [0.29, 0.717) is 12.1 Å². The van der Waals surface area contributed by atoms with E-state index in [1.54, 1.807) is 0 Å². The molecule has 4 nitrogen and oxygen atoms in total. The van der Waals surface area contributed by atoms with Gasteiger partial charge in [0.2, 0.25) is 5.91 Å². The number of carbonyl (C=O) groups is 1. The molecule has 0 bridgehead atoms. The Kier molecular flexibility index (Phi) is 4.65. The Balaban J connectivity index is 2.00. The van der Waals surface area contributed by atoms with E-state index in [1.165, 1.54) is 12.1 Å². The van der Waals surface area contributed by atoms with Gasteiger partial charge in [0.05, 0.1) is 5.92 Å². The smallest absolute Gasteiger partial charge is 0.406 e. The third-order valence-electron chi connectivity index (χ3n) is 3.93. The summed E-state index contributed by atoms with van der Waals surface area (Å²) in [7, 11) is 0. The van der Waals surface area contributed by atoms with E-state index in [-0.39, 0.29) is 17.6 Å². The Morgan fingerprint density at radius 3 is 2.50 bits per heavy atom. The van der Waals surface area contributed by atoms with Gasteiger partial charge in [0, 0.05) is 11.2 Å². The molecule has 2 unspecified atom stereocenters. The van der Waals surface area contributed by atoms with Gasteiger partial charge in [0.1, 0.15) is 5.75 Å². The van der Waals surface area contributed by atoms with Crippen LogP contribution in [-0.4, -0.2) is 17.8 Å². The monoisotopic (exact) mass is 316 g/mol. The van der Waals surface area contributed by atoms with E-state index in [9.17, 15) is 18.0 Å². The fourth-order valence-corrected chi connectivity index (χ4v) is 2.76. The van der Waals surface area contributed by atoms with Crippen LogP contribution >= 0.6 is 0 Å². The zero-order chi connectivity index (χ0) is 16.4. The minimum atomic E-state index is -4.73. The Labute approximate surface area is 126 Å². The number of rotatable bonds is 3. The second kappa shape index (κ2) is 6.16. The average molecular weight is 316 g/mol. The largest absolute Gasteiger partial charge is 0.573 e. The SMILES string of the molecule is CC1(N)CCCCC1C(=O)Nc1ccc(OC(F)(F)F)cc1. The van der Waals surface area contributed by atoms with E-state index < -0.39 is 11.9 Å². The van der Waals surface area contributed by atoms with Gasteiger partial charge in [-0.3, -0.25) is 4.79 Å². The predicted octanol–water partition coefficient (Wildman–Crippen LogP) is 3.43. The van der Waals surface area contributed by atoms with Crippen LogP contribution in [-0.2, 0) is 4.79 Å². The summed E-state index contributed by atoms with van der Waals surface area (Å²) in [5, 5.41) is 2.70. The van der Waals surface area contributed by atoms with Crippen molar-refractivity contribution in [2.75, 3.05) is 5.32 Å². The Morgan fingerprint density at radius 1 is 1.32 bits per heavy atom. The fraction of sp³-hybridized carbons (Fsp3) is 0.533. The first-order valence-electron chi connectivity index (χ1n) is 7.13. The van der Waals surface area contributed by atoms with Crippen molar-refractivity contribution in [3.05, 3.63) is 24.3 Å². The van der Waals surface area contributed by atoms with Gasteiger partial charge in [-0.05, 0) is 44.0 Å². The third-order valence-corrected chi connectivity index (χ3v) is 3.93. The molecule has 2 atom stereocenters. The number of hydrogen-bond acceptors (Lipinski definition) is 3. The highest BCUT2D eigenvalue weighted by molar-refractivity contribution is 5.93. The van der Waals surface area contributed by atoms with Crippen LogP contribution in [0.1, 0.15) is 32.6 Å². The Hall–Kier alpha value is -1.76. The van der Waals surface area contributed by atoms with E-state index in [1.807, 2.05) is 6.92 Å². The van der Waals surface area contributed by atoms with Gasteiger partial charge in [-0.25, -0.2) is 0 Å². The van der Waals surface area contributed by atoms with Crippen molar-refractivity contribution in [3.63, 3.8) is 0 Å². The number of anilines is 1. The lowest BCUT2D eigenvalue weighted by Crippen LogP contribution is -2.51. The number of benzene rings is 1. The molecule has 7 heteroatoms. The lowest BCUT2D eigenvalue weighted by atomic mass is 9.74. The van der Waals surface area contributed by atoms with E-state index >= 15 is 0 Å². The molecule has 1 aliphatic rings. The Bertz CT molecular complexity index is 527. The van der Waals surface area contributed by atoms with Crippen molar-refractivity contribution >= 4 is 11.6 Å². The standard InChI is InChI=1S/C15H19F3N2O2/c1-14(19)9-3-2-4-12(14)13(21)20-10-5-7-11(8-6-10)22-15(16,17)18/h5-8,12H,2-4,9,19H2,1H3,(H,20,21). The highest BCUT2D eigenvalue weighted by Crippen LogP contribution is 2.32. The lowest BCUT2D eigenvalue weighted by Gasteiger charge is -2.37. The zero-order valence-electron chi connectivity index (χ0n) is 12.2. The molecule has 1 aliphatic carbocycles. The second-order valence-electron chi connectivity index (χ2n) is 5.87. The van der Waals surface area contributed by atoms with Crippen LogP contribution in [0.25, 0.3) is 0 Å². The van der Waals surface area contributed by atoms with Crippen LogP contribution in [0.4, 0.5) is 18.9 Å². The molecule has 1 aromatic carbocycles. The van der Waals surface area contributed by atoms with Crippen molar-refractivity contribution in [3.8, 4) is 5.75 Å². The van der Waals surface area contributed by atoms with Crippen LogP contribution in [0.5, 0.6) is 5.75 Å². The lowest BCUT2D eigenvalue weighted by molar-refractivity contribution is -0.274. The van der Waals surface area contributed by atoms with Gasteiger partial charge in [-0.1, -0.05) is 12.8 Å². The summed E-state index contributed by atoms with van der Waals surface area (Å²) in [5.41, 5.74) is 6.03. The second-order valence-corrected chi connectivity index (χ2v) is 5.87. The first-order valence-corrected chi connectivity index (χ1v) is 7.13. The fourth-order valence-electron chi connectivity index (χ4n) is 2.76. The summed E-state index contributed by atoms with van der Waals surface area (Å²) in [4.78, 5) is 12.3. The maximum absolute atomic E-state index is 12.3. The molecule has 0 aromatic heterocycles. The Morgan fingerprint density at radius 2 is 1.95 bits per heavy atom. The minimum Gasteiger partial charge on any atom is -0.406 e. The molecule has 1 aromatic rings. The third kappa shape index (κ3) is 4.37. The number of alkyl halides is 3. The van der Waals surface area contributed by atoms with Crippen molar-refractivity contribution < 1.29 is 22.7 Å². The van der Waals surface area contributed by atoms with Gasteiger partial charge < -0.3 is 15.8 Å². The molecule has 22 heavy (non-hydrogen) atoms. The molecule has 0 saturated heterocycles. The van der Waals surface area contributed by atoms with Gasteiger partial charge in [-0.15, -0.1) is 13.2 Å². The quantitative estimate of drug-likeness (QED) is 0.898. The summed E-state index contributed by atoms with van der Waals surface area (Å²) in [5.74, 6) is -0.826. The van der Waals surface area contributed by atoms with Crippen LogP contribution in [0.15, 0.2) is 24.3 Å². The first kappa shape index (κ1) is 16.6. The molecule has 122 valence electrons. The highest BCUT2D eigenvalue weighted by atomic mass is 19.4. The van der Waals surface area contributed by atoms with Crippen molar-refractivity contribution in [1.29, 1.82) is 0 Å². The maximum Gasteiger partial charge on any atom is 0.573 e. The van der Waals surface area contributed by atoms with Crippen molar-refractivity contribution in [2.45, 2.75) is 44.5 Å². The van der Waals surface area contributed by atoms with Crippen molar-refractivity contribution in [2.24, 2.45) is 11.7 Å². The molecule has 1 amide bonds. The van der Waals surface area contributed by atoms with Crippen LogP contribution in [0.2, 0.25) is 0 Å². The number of amides is 1. The molecule has 3 N–H and O–H groups in total. The number of nitrogens with one attached hydrogen (secondary N) is 1. The predicted molar refractivity (Wildman–Crippen MR) is 76.3 cm³/mol. The molecular formula is C15H19F3N2O2. The molecule has 0 aliphatic heterocycles. The van der Waals surface area contributed by atoms with Crippen molar-refractivity contribution in [1.82, 2.24) is 0 Å². The van der Waals surface area contributed by atoms with Gasteiger partial charge >= 0.3 is 6.36 Å². The summed E-state index contributed by atoms with van der Waals surface area (Å²) in [6.45, 7) is 1.86. The molecular weight excluding hydrogens is 297 g/mol. The summed E-state index contributed by atoms with van der Waals surface area (Å²) in [6, 6.07) is 5.06. The zero-order valence-corrected chi connectivity index (χ0v) is 12.2. The summed E-state index contributed by atoms with van der Waals surface area (Å²) >= 11 is 0. The van der Waals surface area contributed by atoms with Crippen LogP contribution in [0.3, 0.4) is 0 Å². The molecule has 0 spiro atoms. The molecule has 1 fully saturated rings. The molecule has 2 rings (SSSR count). The topological polar surface area (TPSA) is 64.4 Å². The van der Waals surface area contributed by atoms with Gasteiger partial charge in [0.15, 0.2) is 0 Å². The highest BCUT2D eigenvalue weighted by Gasteiger charge is 2.37. The maximum atomic E-state index is 12.3. The molecule has 0 heterocycles. The minimum absolute atomic E-state index is 0.200. The van der Waals surface area contributed by atoms with E-state index in [4.69, 9.17) is 5.73 Å². The number of nitrogens with two attached hydrogens (primary N) is 1.